The number of rotatable bonds is 7. The molecule has 25 heavy (non-hydrogen) atoms. The summed E-state index contributed by atoms with van der Waals surface area (Å²) in [6, 6.07) is 10.2. The summed E-state index contributed by atoms with van der Waals surface area (Å²) in [6.45, 7) is 4.03. The quantitative estimate of drug-likeness (QED) is 0.749. The molecule has 0 spiro atoms. The van der Waals surface area contributed by atoms with E-state index in [0.29, 0.717) is 11.5 Å². The molecule has 1 N–H and O–H groups in total. The Bertz CT molecular complexity index is 806. The van der Waals surface area contributed by atoms with Crippen LogP contribution in [0, 0.1) is 0 Å². The van der Waals surface area contributed by atoms with Gasteiger partial charge in [0, 0.05) is 18.9 Å². The number of hydrogen-bond acceptors (Lipinski definition) is 4. The lowest BCUT2D eigenvalue weighted by atomic mass is 10.0. The first-order valence-electron chi connectivity index (χ1n) is 7.92. The number of halogens is 1. The van der Waals surface area contributed by atoms with Crippen molar-refractivity contribution in [1.29, 1.82) is 0 Å². The van der Waals surface area contributed by atoms with Gasteiger partial charge in [-0.3, -0.25) is 9.78 Å². The number of nitrogens with one attached hydrogen (secondary N) is 1. The van der Waals surface area contributed by atoms with Crippen molar-refractivity contribution in [3.8, 4) is 0 Å². The zero-order chi connectivity index (χ0) is 18.4. The fraction of sp³-hybridized carbons (Fsp3) is 0.333. The summed E-state index contributed by atoms with van der Waals surface area (Å²) in [5, 5.41) is 1.63. The summed E-state index contributed by atoms with van der Waals surface area (Å²) in [5.74, 6) is -0.321. The molecule has 0 radical (unpaired) electrons. The van der Waals surface area contributed by atoms with Crippen molar-refractivity contribution in [3.05, 3.63) is 59.9 Å². The van der Waals surface area contributed by atoms with Gasteiger partial charge in [-0.05, 0) is 35.2 Å². The SMILES string of the molecule is CC(C)c1ccc(S(=O)(=O)C(CNC(=O)CCl)c2cccnc2)cc1. The number of carbonyl (C=O) groups is 1. The maximum Gasteiger partial charge on any atom is 0.234 e. The average Bonchev–Trinajstić information content (AvgIpc) is 2.62. The van der Waals surface area contributed by atoms with Gasteiger partial charge in [-0.1, -0.05) is 32.0 Å². The topological polar surface area (TPSA) is 76.1 Å². The Labute approximate surface area is 153 Å². The van der Waals surface area contributed by atoms with Gasteiger partial charge in [0.05, 0.1) is 4.90 Å². The van der Waals surface area contributed by atoms with Crippen LogP contribution in [0.1, 0.15) is 36.1 Å². The summed E-state index contributed by atoms with van der Waals surface area (Å²) in [6.07, 6.45) is 3.07. The first kappa shape index (κ1) is 19.4. The van der Waals surface area contributed by atoms with E-state index in [1.165, 1.54) is 6.20 Å². The highest BCUT2D eigenvalue weighted by atomic mass is 35.5. The Balaban J connectivity index is 2.38. The minimum absolute atomic E-state index is 0.0640. The Morgan fingerprint density at radius 2 is 1.84 bits per heavy atom. The lowest BCUT2D eigenvalue weighted by molar-refractivity contribution is -0.118. The molecule has 0 bridgehead atoms. The molecule has 7 heteroatoms. The molecule has 1 aromatic carbocycles. The van der Waals surface area contributed by atoms with Crippen molar-refractivity contribution >= 4 is 27.3 Å². The van der Waals surface area contributed by atoms with Crippen LogP contribution in [0.4, 0.5) is 0 Å². The maximum absolute atomic E-state index is 13.1. The third-order valence-corrected chi connectivity index (χ3v) is 6.27. The second-order valence-electron chi connectivity index (χ2n) is 5.98. The third-order valence-electron chi connectivity index (χ3n) is 3.91. The Morgan fingerprint density at radius 3 is 2.36 bits per heavy atom. The number of aromatic nitrogens is 1. The molecule has 134 valence electrons. The second-order valence-corrected chi connectivity index (χ2v) is 8.38. The number of hydrogen-bond donors (Lipinski definition) is 1. The lowest BCUT2D eigenvalue weighted by Crippen LogP contribution is -2.32. The number of amides is 1. The van der Waals surface area contributed by atoms with E-state index in [-0.39, 0.29) is 17.3 Å². The number of alkyl halides is 1. The molecule has 1 amide bonds. The van der Waals surface area contributed by atoms with Gasteiger partial charge in [-0.2, -0.15) is 0 Å². The van der Waals surface area contributed by atoms with Crippen LogP contribution < -0.4 is 5.32 Å². The normalized spacial score (nSPS) is 12.8. The van der Waals surface area contributed by atoms with Crippen molar-refractivity contribution in [3.63, 3.8) is 0 Å². The van der Waals surface area contributed by atoms with Crippen LogP contribution in [0.5, 0.6) is 0 Å². The number of benzene rings is 1. The van der Waals surface area contributed by atoms with Crippen molar-refractivity contribution in [2.75, 3.05) is 12.4 Å². The summed E-state index contributed by atoms with van der Waals surface area (Å²) < 4.78 is 26.2. The molecular weight excluding hydrogens is 360 g/mol. The zero-order valence-corrected chi connectivity index (χ0v) is 15.7. The predicted molar refractivity (Wildman–Crippen MR) is 98.4 cm³/mol. The average molecular weight is 381 g/mol. The van der Waals surface area contributed by atoms with Crippen LogP contribution >= 0.6 is 11.6 Å². The second kappa shape index (κ2) is 8.45. The van der Waals surface area contributed by atoms with Crippen LogP contribution in [0.2, 0.25) is 0 Å². The van der Waals surface area contributed by atoms with E-state index in [9.17, 15) is 13.2 Å². The van der Waals surface area contributed by atoms with Crippen molar-refractivity contribution < 1.29 is 13.2 Å². The van der Waals surface area contributed by atoms with E-state index in [4.69, 9.17) is 11.6 Å². The number of nitrogens with zero attached hydrogens (tertiary/aromatic N) is 1. The summed E-state index contributed by atoms with van der Waals surface area (Å²) in [4.78, 5) is 15.7. The fourth-order valence-electron chi connectivity index (χ4n) is 2.43. The van der Waals surface area contributed by atoms with Crippen LogP contribution in [0.3, 0.4) is 0 Å². The van der Waals surface area contributed by atoms with E-state index in [1.54, 1.807) is 30.5 Å². The van der Waals surface area contributed by atoms with Crippen molar-refractivity contribution in [2.45, 2.75) is 29.9 Å². The summed E-state index contributed by atoms with van der Waals surface area (Å²) in [7, 11) is -3.70. The van der Waals surface area contributed by atoms with Crippen molar-refractivity contribution in [2.24, 2.45) is 0 Å². The van der Waals surface area contributed by atoms with Gasteiger partial charge < -0.3 is 5.32 Å². The molecule has 2 rings (SSSR count). The Morgan fingerprint density at radius 1 is 1.16 bits per heavy atom. The van der Waals surface area contributed by atoms with E-state index in [2.05, 4.69) is 10.3 Å². The minimum Gasteiger partial charge on any atom is -0.353 e. The first-order chi connectivity index (χ1) is 11.9. The van der Waals surface area contributed by atoms with E-state index < -0.39 is 21.0 Å². The highest BCUT2D eigenvalue weighted by Gasteiger charge is 2.29. The van der Waals surface area contributed by atoms with Gasteiger partial charge in [0.25, 0.3) is 0 Å². The standard InChI is InChI=1S/C18H21ClN2O3S/c1-13(2)14-5-7-16(8-6-14)25(23,24)17(12-21-18(22)10-19)15-4-3-9-20-11-15/h3-9,11,13,17H,10,12H2,1-2H3,(H,21,22). The lowest BCUT2D eigenvalue weighted by Gasteiger charge is -2.19. The number of sulfone groups is 1. The summed E-state index contributed by atoms with van der Waals surface area (Å²) in [5.41, 5.74) is 1.58. The smallest absolute Gasteiger partial charge is 0.234 e. The predicted octanol–water partition coefficient (Wildman–Crippen LogP) is 3.08. The summed E-state index contributed by atoms with van der Waals surface area (Å²) >= 11 is 5.49. The zero-order valence-electron chi connectivity index (χ0n) is 14.1. The molecular formula is C18H21ClN2O3S. The third kappa shape index (κ3) is 4.80. The highest BCUT2D eigenvalue weighted by molar-refractivity contribution is 7.91. The van der Waals surface area contributed by atoms with Crippen LogP contribution in [0.15, 0.2) is 53.7 Å². The van der Waals surface area contributed by atoms with Gasteiger partial charge >= 0.3 is 0 Å². The Kier molecular flexibility index (Phi) is 6.56. The molecule has 0 saturated carbocycles. The fourth-order valence-corrected chi connectivity index (χ4v) is 4.17. The first-order valence-corrected chi connectivity index (χ1v) is 10.0. The van der Waals surface area contributed by atoms with E-state index in [1.807, 2.05) is 26.0 Å². The van der Waals surface area contributed by atoms with Crippen LogP contribution in [-0.2, 0) is 14.6 Å². The van der Waals surface area contributed by atoms with Gasteiger partial charge in [0.1, 0.15) is 11.1 Å². The molecule has 5 nitrogen and oxygen atoms in total. The van der Waals surface area contributed by atoms with Gasteiger partial charge in [0.15, 0.2) is 9.84 Å². The number of carbonyl (C=O) groups excluding carboxylic acids is 1. The minimum atomic E-state index is -3.70. The van der Waals surface area contributed by atoms with Crippen LogP contribution in [-0.4, -0.2) is 31.7 Å². The molecule has 1 heterocycles. The molecule has 0 fully saturated rings. The highest BCUT2D eigenvalue weighted by Crippen LogP contribution is 2.29. The van der Waals surface area contributed by atoms with E-state index in [0.717, 1.165) is 5.56 Å². The molecule has 0 saturated heterocycles. The molecule has 1 aromatic heterocycles. The molecule has 2 aromatic rings. The molecule has 0 aliphatic rings. The van der Waals surface area contributed by atoms with Crippen molar-refractivity contribution in [1.82, 2.24) is 10.3 Å². The molecule has 1 unspecified atom stereocenters. The molecule has 0 aliphatic heterocycles. The number of pyridine rings is 1. The van der Waals surface area contributed by atoms with Gasteiger partial charge in [-0.15, -0.1) is 11.6 Å². The maximum atomic E-state index is 13.1. The largest absolute Gasteiger partial charge is 0.353 e. The molecule has 1 atom stereocenters. The van der Waals surface area contributed by atoms with Gasteiger partial charge in [0.2, 0.25) is 5.91 Å². The monoisotopic (exact) mass is 380 g/mol. The van der Waals surface area contributed by atoms with E-state index >= 15 is 0 Å². The van der Waals surface area contributed by atoms with Crippen LogP contribution in [0.25, 0.3) is 0 Å². The Hall–Kier alpha value is -1.92. The molecule has 0 aliphatic carbocycles. The van der Waals surface area contributed by atoms with Gasteiger partial charge in [-0.25, -0.2) is 8.42 Å².